The minimum atomic E-state index is -0.975. The predicted octanol–water partition coefficient (Wildman–Crippen LogP) is -0.0124. The molecule has 0 aromatic rings. The number of nitrogens with zero attached hydrogens (tertiary/aromatic N) is 6. The van der Waals surface area contributed by atoms with Crippen molar-refractivity contribution in [3.05, 3.63) is 0 Å². The standard InChI is InChI=1S/C18H28N6O6S2/c1-31-5-3-11(15(25)26)19-7-21-13-14-23(17(21)29)9-20(12(16(27)28)4-6-32-2)10-24(14)18(30)22(13)8-19/h11-14H,3-10H2,1-2H3,(H,25,26)(H,27,28). The Kier molecular flexibility index (Phi) is 6.66. The van der Waals surface area contributed by atoms with E-state index in [4.69, 9.17) is 0 Å². The van der Waals surface area contributed by atoms with Gasteiger partial charge in [0.2, 0.25) is 0 Å². The first-order valence-corrected chi connectivity index (χ1v) is 13.1. The number of aliphatic carboxylic acids is 2. The van der Waals surface area contributed by atoms with Gasteiger partial charge in [-0.05, 0) is 36.9 Å². The molecule has 0 aliphatic carbocycles. The van der Waals surface area contributed by atoms with Gasteiger partial charge >= 0.3 is 24.0 Å². The average Bonchev–Trinajstić information content (AvgIpc) is 3.20. The molecule has 4 saturated heterocycles. The number of rotatable bonds is 10. The molecular weight excluding hydrogens is 460 g/mol. The maximum Gasteiger partial charge on any atom is 0.325 e. The van der Waals surface area contributed by atoms with Gasteiger partial charge in [-0.25, -0.2) is 9.59 Å². The Morgan fingerprint density at radius 2 is 1.09 bits per heavy atom. The fraction of sp³-hybridized carbons (Fsp3) is 0.778. The summed E-state index contributed by atoms with van der Waals surface area (Å²) in [5.74, 6) is -0.641. The number of hydrogen-bond acceptors (Lipinski definition) is 8. The summed E-state index contributed by atoms with van der Waals surface area (Å²) < 4.78 is 0. The maximum atomic E-state index is 13.3. The van der Waals surface area contributed by atoms with Crippen LogP contribution in [0.5, 0.6) is 0 Å². The molecule has 0 radical (unpaired) electrons. The van der Waals surface area contributed by atoms with Gasteiger partial charge in [-0.1, -0.05) is 0 Å². The highest BCUT2D eigenvalue weighted by Gasteiger charge is 2.64. The van der Waals surface area contributed by atoms with E-state index in [0.717, 1.165) is 0 Å². The van der Waals surface area contributed by atoms with Crippen LogP contribution >= 0.6 is 23.5 Å². The van der Waals surface area contributed by atoms with Crippen LogP contribution in [-0.2, 0) is 9.59 Å². The Morgan fingerprint density at radius 3 is 1.34 bits per heavy atom. The molecule has 4 fully saturated rings. The first kappa shape index (κ1) is 23.3. The van der Waals surface area contributed by atoms with Gasteiger partial charge in [0.05, 0.1) is 26.7 Å². The number of carboxylic acid groups (broad SMARTS) is 2. The molecule has 2 atom stereocenters. The second-order valence-electron chi connectivity index (χ2n) is 8.29. The minimum Gasteiger partial charge on any atom is -0.480 e. The fourth-order valence-electron chi connectivity index (χ4n) is 4.99. The van der Waals surface area contributed by atoms with Crippen LogP contribution in [0.2, 0.25) is 0 Å². The zero-order valence-electron chi connectivity index (χ0n) is 18.0. The zero-order valence-corrected chi connectivity index (χ0v) is 19.6. The first-order chi connectivity index (χ1) is 15.3. The van der Waals surface area contributed by atoms with Crippen molar-refractivity contribution in [3.8, 4) is 0 Å². The maximum absolute atomic E-state index is 13.3. The van der Waals surface area contributed by atoms with Crippen LogP contribution in [0.1, 0.15) is 12.8 Å². The number of carbonyl (C=O) groups is 4. The summed E-state index contributed by atoms with van der Waals surface area (Å²) in [5, 5.41) is 19.5. The predicted molar refractivity (Wildman–Crippen MR) is 118 cm³/mol. The van der Waals surface area contributed by atoms with Gasteiger partial charge in [-0.3, -0.25) is 39.0 Å². The Morgan fingerprint density at radius 1 is 0.781 bits per heavy atom. The number of carboxylic acids is 2. The van der Waals surface area contributed by atoms with Crippen LogP contribution in [0.4, 0.5) is 9.59 Å². The summed E-state index contributed by atoms with van der Waals surface area (Å²) in [4.78, 5) is 59.8. The van der Waals surface area contributed by atoms with Crippen LogP contribution in [-0.4, -0.2) is 139 Å². The molecular formula is C18H28N6O6S2. The van der Waals surface area contributed by atoms with E-state index >= 15 is 0 Å². The molecule has 0 aromatic heterocycles. The summed E-state index contributed by atoms with van der Waals surface area (Å²) in [5.41, 5.74) is 0. The lowest BCUT2D eigenvalue weighted by molar-refractivity contribution is -0.149. The van der Waals surface area contributed by atoms with Gasteiger partial charge in [0.15, 0.2) is 12.3 Å². The minimum absolute atomic E-state index is 0.119. The van der Waals surface area contributed by atoms with E-state index in [0.29, 0.717) is 24.3 Å². The Labute approximate surface area is 194 Å². The topological polar surface area (TPSA) is 128 Å². The lowest BCUT2D eigenvalue weighted by Gasteiger charge is -2.44. The summed E-state index contributed by atoms with van der Waals surface area (Å²) in [6.07, 6.45) is 3.65. The lowest BCUT2D eigenvalue weighted by Crippen LogP contribution is -2.64. The van der Waals surface area contributed by atoms with Gasteiger partial charge in [-0.2, -0.15) is 23.5 Å². The SMILES string of the molecule is CSCCC(C(=O)O)N1CN2C(=O)N3CN(C(CCSC)C(=O)O)CN4C(=O)N(C1)C2C34. The van der Waals surface area contributed by atoms with Crippen molar-refractivity contribution >= 4 is 47.5 Å². The Hall–Kier alpha value is -1.90. The fourth-order valence-corrected chi connectivity index (χ4v) is 5.91. The molecule has 14 heteroatoms. The van der Waals surface area contributed by atoms with E-state index in [1.807, 2.05) is 12.5 Å². The smallest absolute Gasteiger partial charge is 0.325 e. The van der Waals surface area contributed by atoms with Gasteiger partial charge in [-0.15, -0.1) is 0 Å². The van der Waals surface area contributed by atoms with E-state index in [1.165, 1.54) is 0 Å². The van der Waals surface area contributed by atoms with Crippen molar-refractivity contribution in [2.45, 2.75) is 37.3 Å². The Bertz CT molecular complexity index is 708. The first-order valence-electron chi connectivity index (χ1n) is 10.4. The van der Waals surface area contributed by atoms with Crippen molar-refractivity contribution in [1.82, 2.24) is 29.4 Å². The normalized spacial score (nSPS) is 27.2. The number of hydrogen-bond donors (Lipinski definition) is 2. The van der Waals surface area contributed by atoms with Crippen LogP contribution in [0.3, 0.4) is 0 Å². The molecule has 0 saturated carbocycles. The summed E-state index contributed by atoms with van der Waals surface area (Å²) in [7, 11) is 0. The molecule has 2 unspecified atom stereocenters. The number of urea groups is 2. The molecule has 4 aliphatic heterocycles. The van der Waals surface area contributed by atoms with Crippen molar-refractivity contribution in [3.63, 3.8) is 0 Å². The van der Waals surface area contributed by atoms with Crippen molar-refractivity contribution in [1.29, 1.82) is 0 Å². The molecule has 12 nitrogen and oxygen atoms in total. The van der Waals surface area contributed by atoms with E-state index in [-0.39, 0.29) is 38.7 Å². The van der Waals surface area contributed by atoms with Crippen LogP contribution < -0.4 is 0 Å². The highest BCUT2D eigenvalue weighted by Crippen LogP contribution is 2.40. The monoisotopic (exact) mass is 488 g/mol. The summed E-state index contributed by atoms with van der Waals surface area (Å²) in [6, 6.07) is -2.21. The number of carbonyl (C=O) groups excluding carboxylic acids is 2. The van der Waals surface area contributed by atoms with E-state index in [9.17, 15) is 29.4 Å². The Balaban J connectivity index is 1.58. The van der Waals surface area contributed by atoms with Crippen LogP contribution in [0.25, 0.3) is 0 Å². The molecule has 0 spiro atoms. The molecule has 4 aliphatic rings. The molecule has 4 rings (SSSR count). The summed E-state index contributed by atoms with van der Waals surface area (Å²) >= 11 is 3.10. The van der Waals surface area contributed by atoms with Crippen molar-refractivity contribution in [2.24, 2.45) is 0 Å². The van der Waals surface area contributed by atoms with Crippen LogP contribution in [0, 0.1) is 0 Å². The largest absolute Gasteiger partial charge is 0.480 e. The third-order valence-electron chi connectivity index (χ3n) is 6.51. The van der Waals surface area contributed by atoms with E-state index in [1.54, 1.807) is 52.9 Å². The van der Waals surface area contributed by atoms with Gasteiger partial charge in [0, 0.05) is 0 Å². The molecule has 32 heavy (non-hydrogen) atoms. The average molecular weight is 489 g/mol. The van der Waals surface area contributed by atoms with E-state index < -0.39 is 36.4 Å². The van der Waals surface area contributed by atoms with Gasteiger partial charge in [0.1, 0.15) is 12.1 Å². The third-order valence-corrected chi connectivity index (χ3v) is 7.79. The van der Waals surface area contributed by atoms with E-state index in [2.05, 4.69) is 0 Å². The van der Waals surface area contributed by atoms with Crippen LogP contribution in [0.15, 0.2) is 0 Å². The van der Waals surface area contributed by atoms with Gasteiger partial charge < -0.3 is 10.2 Å². The van der Waals surface area contributed by atoms with Gasteiger partial charge in [0.25, 0.3) is 0 Å². The highest BCUT2D eigenvalue weighted by molar-refractivity contribution is 7.98. The third kappa shape index (κ3) is 3.76. The van der Waals surface area contributed by atoms with Crippen molar-refractivity contribution in [2.75, 3.05) is 50.7 Å². The molecule has 4 amide bonds. The zero-order chi connectivity index (χ0) is 23.2. The second kappa shape index (κ2) is 9.15. The second-order valence-corrected chi connectivity index (χ2v) is 10.3. The molecule has 0 aromatic carbocycles. The summed E-state index contributed by atoms with van der Waals surface area (Å²) in [6.45, 7) is 0.477. The molecule has 0 bridgehead atoms. The molecule has 2 N–H and O–H groups in total. The molecule has 4 heterocycles. The number of amides is 4. The van der Waals surface area contributed by atoms with Crippen molar-refractivity contribution < 1.29 is 29.4 Å². The lowest BCUT2D eigenvalue weighted by atomic mass is 10.2. The highest BCUT2D eigenvalue weighted by atomic mass is 32.2. The quantitative estimate of drug-likeness (QED) is 0.433. The molecule has 178 valence electrons. The number of thioether (sulfide) groups is 2.